The minimum absolute atomic E-state index is 0.101. The summed E-state index contributed by atoms with van der Waals surface area (Å²) in [6.07, 6.45) is 5.32. The van der Waals surface area contributed by atoms with Gasteiger partial charge in [-0.3, -0.25) is 4.79 Å². The lowest BCUT2D eigenvalue weighted by molar-refractivity contribution is -0.137. The lowest BCUT2D eigenvalue weighted by atomic mass is 9.89. The van der Waals surface area contributed by atoms with Crippen LogP contribution < -0.4 is 5.32 Å². The molecule has 2 aliphatic rings. The number of carbonyl (C=O) groups is 1. The molecule has 126 valence electrons. The molecule has 1 saturated carbocycles. The van der Waals surface area contributed by atoms with Gasteiger partial charge in [-0.05, 0) is 30.2 Å². The fourth-order valence-electron chi connectivity index (χ4n) is 3.75. The summed E-state index contributed by atoms with van der Waals surface area (Å²) in [5, 5.41) is 3.69. The van der Waals surface area contributed by atoms with Crippen LogP contribution in [-0.4, -0.2) is 29.9 Å². The molecule has 1 saturated heterocycles. The Morgan fingerprint density at radius 1 is 1.17 bits per heavy atom. The van der Waals surface area contributed by atoms with Crippen LogP contribution in [0.5, 0.6) is 0 Å². The monoisotopic (exact) mass is 314 g/mol. The Labute approximate surface area is 140 Å². The minimum atomic E-state index is 0.101. The van der Waals surface area contributed by atoms with Crippen LogP contribution in [0.15, 0.2) is 30.3 Å². The average Bonchev–Trinajstić information content (AvgIpc) is 3.37. The molecule has 1 aliphatic heterocycles. The molecule has 0 bridgehead atoms. The standard InChI is InChI=1S/C20H30N2O/c1-15(2)20(23)22-13-18(10-16-8-9-16)11-19(14-22)21-12-17-6-4-3-5-7-17/h3-7,15-16,18-19,21H,8-14H2,1-2H3. The quantitative estimate of drug-likeness (QED) is 0.872. The zero-order valence-corrected chi connectivity index (χ0v) is 14.5. The smallest absolute Gasteiger partial charge is 0.225 e. The van der Waals surface area contributed by atoms with E-state index >= 15 is 0 Å². The van der Waals surface area contributed by atoms with E-state index in [2.05, 4.69) is 40.5 Å². The molecule has 3 nitrogen and oxygen atoms in total. The Morgan fingerprint density at radius 2 is 1.91 bits per heavy atom. The zero-order valence-electron chi connectivity index (χ0n) is 14.5. The van der Waals surface area contributed by atoms with Crippen molar-refractivity contribution in [3.05, 3.63) is 35.9 Å². The van der Waals surface area contributed by atoms with Gasteiger partial charge in [0.25, 0.3) is 0 Å². The molecule has 0 radical (unpaired) electrons. The molecule has 0 spiro atoms. The van der Waals surface area contributed by atoms with Crippen molar-refractivity contribution in [2.75, 3.05) is 13.1 Å². The van der Waals surface area contributed by atoms with Gasteiger partial charge in [-0.1, -0.05) is 57.0 Å². The van der Waals surface area contributed by atoms with Gasteiger partial charge >= 0.3 is 0 Å². The second kappa shape index (κ2) is 7.48. The summed E-state index contributed by atoms with van der Waals surface area (Å²) in [6.45, 7) is 6.76. The van der Waals surface area contributed by atoms with E-state index in [1.165, 1.54) is 31.2 Å². The van der Waals surface area contributed by atoms with Crippen LogP contribution in [0.1, 0.15) is 45.1 Å². The van der Waals surface area contributed by atoms with E-state index in [-0.39, 0.29) is 5.92 Å². The molecule has 1 amide bonds. The first-order valence-corrected chi connectivity index (χ1v) is 9.18. The van der Waals surface area contributed by atoms with Gasteiger partial charge in [0.2, 0.25) is 5.91 Å². The van der Waals surface area contributed by atoms with Crippen LogP contribution in [-0.2, 0) is 11.3 Å². The third kappa shape index (κ3) is 4.81. The second-order valence-electron chi connectivity index (χ2n) is 7.74. The predicted octanol–water partition coefficient (Wildman–Crippen LogP) is 3.45. The third-order valence-electron chi connectivity index (χ3n) is 5.14. The highest BCUT2D eigenvalue weighted by molar-refractivity contribution is 5.78. The Balaban J connectivity index is 1.59. The highest BCUT2D eigenvalue weighted by atomic mass is 16.2. The number of nitrogens with one attached hydrogen (secondary N) is 1. The molecule has 2 fully saturated rings. The molecule has 1 aromatic rings. The van der Waals surface area contributed by atoms with Gasteiger partial charge in [0.15, 0.2) is 0 Å². The van der Waals surface area contributed by atoms with Crippen LogP contribution >= 0.6 is 0 Å². The summed E-state index contributed by atoms with van der Waals surface area (Å²) >= 11 is 0. The van der Waals surface area contributed by atoms with E-state index in [0.29, 0.717) is 17.9 Å². The van der Waals surface area contributed by atoms with E-state index in [0.717, 1.165) is 25.6 Å². The number of piperidine rings is 1. The van der Waals surface area contributed by atoms with Crippen LogP contribution in [0.3, 0.4) is 0 Å². The van der Waals surface area contributed by atoms with Gasteiger partial charge in [0.05, 0.1) is 0 Å². The fourth-order valence-corrected chi connectivity index (χ4v) is 3.75. The molecular weight excluding hydrogens is 284 g/mol. The van der Waals surface area contributed by atoms with Crippen molar-refractivity contribution in [1.82, 2.24) is 10.2 Å². The fraction of sp³-hybridized carbons (Fsp3) is 0.650. The van der Waals surface area contributed by atoms with Crippen molar-refractivity contribution in [3.63, 3.8) is 0 Å². The van der Waals surface area contributed by atoms with E-state index < -0.39 is 0 Å². The molecule has 2 atom stereocenters. The number of benzene rings is 1. The molecule has 1 aliphatic carbocycles. The molecular formula is C20H30N2O. The largest absolute Gasteiger partial charge is 0.341 e. The summed E-state index contributed by atoms with van der Waals surface area (Å²) in [5.41, 5.74) is 1.32. The first-order chi connectivity index (χ1) is 11.1. The minimum Gasteiger partial charge on any atom is -0.341 e. The number of carbonyl (C=O) groups excluding carboxylic acids is 1. The maximum absolute atomic E-state index is 12.5. The van der Waals surface area contributed by atoms with E-state index in [1.54, 1.807) is 0 Å². The molecule has 23 heavy (non-hydrogen) atoms. The van der Waals surface area contributed by atoms with Gasteiger partial charge in [0, 0.05) is 31.6 Å². The summed E-state index contributed by atoms with van der Waals surface area (Å²) in [6, 6.07) is 11.0. The SMILES string of the molecule is CC(C)C(=O)N1CC(CC2CC2)CC(NCc2ccccc2)C1. The van der Waals surface area contributed by atoms with Gasteiger partial charge in [-0.25, -0.2) is 0 Å². The number of likely N-dealkylation sites (tertiary alicyclic amines) is 1. The first-order valence-electron chi connectivity index (χ1n) is 9.18. The third-order valence-corrected chi connectivity index (χ3v) is 5.14. The molecule has 1 aromatic carbocycles. The van der Waals surface area contributed by atoms with Crippen molar-refractivity contribution in [2.24, 2.45) is 17.8 Å². The molecule has 2 unspecified atom stereocenters. The average molecular weight is 314 g/mol. The van der Waals surface area contributed by atoms with Crippen molar-refractivity contribution in [3.8, 4) is 0 Å². The Bertz CT molecular complexity index is 510. The maximum Gasteiger partial charge on any atom is 0.225 e. The first kappa shape index (κ1) is 16.5. The normalized spacial score (nSPS) is 24.9. The van der Waals surface area contributed by atoms with Crippen molar-refractivity contribution < 1.29 is 4.79 Å². The van der Waals surface area contributed by atoms with Crippen LogP contribution in [0, 0.1) is 17.8 Å². The lowest BCUT2D eigenvalue weighted by Gasteiger charge is -2.39. The molecule has 3 heteroatoms. The van der Waals surface area contributed by atoms with Gasteiger partial charge in [-0.2, -0.15) is 0 Å². The van der Waals surface area contributed by atoms with Crippen molar-refractivity contribution in [1.29, 1.82) is 0 Å². The highest BCUT2D eigenvalue weighted by Crippen LogP contribution is 2.38. The summed E-state index contributed by atoms with van der Waals surface area (Å²) in [5.74, 6) is 2.03. The Kier molecular flexibility index (Phi) is 5.37. The summed E-state index contributed by atoms with van der Waals surface area (Å²) in [4.78, 5) is 14.6. The van der Waals surface area contributed by atoms with Crippen molar-refractivity contribution >= 4 is 5.91 Å². The topological polar surface area (TPSA) is 32.3 Å². The maximum atomic E-state index is 12.5. The van der Waals surface area contributed by atoms with E-state index in [4.69, 9.17) is 0 Å². The number of hydrogen-bond donors (Lipinski definition) is 1. The molecule has 3 rings (SSSR count). The van der Waals surface area contributed by atoms with E-state index in [9.17, 15) is 4.79 Å². The Hall–Kier alpha value is -1.35. The van der Waals surface area contributed by atoms with Crippen LogP contribution in [0.4, 0.5) is 0 Å². The second-order valence-corrected chi connectivity index (χ2v) is 7.74. The molecule has 1 heterocycles. The number of nitrogens with zero attached hydrogens (tertiary/aromatic N) is 1. The molecule has 0 aromatic heterocycles. The lowest BCUT2D eigenvalue weighted by Crippen LogP contribution is -2.52. The predicted molar refractivity (Wildman–Crippen MR) is 93.9 cm³/mol. The van der Waals surface area contributed by atoms with Gasteiger partial charge in [-0.15, -0.1) is 0 Å². The van der Waals surface area contributed by atoms with Crippen LogP contribution in [0.2, 0.25) is 0 Å². The highest BCUT2D eigenvalue weighted by Gasteiger charge is 2.34. The van der Waals surface area contributed by atoms with E-state index in [1.807, 2.05) is 13.8 Å². The Morgan fingerprint density at radius 3 is 2.57 bits per heavy atom. The molecule has 1 N–H and O–H groups in total. The van der Waals surface area contributed by atoms with Gasteiger partial charge < -0.3 is 10.2 Å². The summed E-state index contributed by atoms with van der Waals surface area (Å²) in [7, 11) is 0. The zero-order chi connectivity index (χ0) is 16.2. The van der Waals surface area contributed by atoms with Gasteiger partial charge in [0.1, 0.15) is 0 Å². The van der Waals surface area contributed by atoms with Crippen molar-refractivity contribution in [2.45, 2.75) is 52.1 Å². The van der Waals surface area contributed by atoms with Crippen LogP contribution in [0.25, 0.3) is 0 Å². The number of rotatable bonds is 6. The summed E-state index contributed by atoms with van der Waals surface area (Å²) < 4.78 is 0. The number of amides is 1. The number of hydrogen-bond acceptors (Lipinski definition) is 2.